The van der Waals surface area contributed by atoms with Crippen LogP contribution >= 0.6 is 11.3 Å². The van der Waals surface area contributed by atoms with E-state index in [1.165, 1.54) is 11.3 Å². The number of aromatic nitrogens is 1. The lowest BCUT2D eigenvalue weighted by Gasteiger charge is -2.18. The van der Waals surface area contributed by atoms with E-state index in [0.717, 1.165) is 36.3 Å². The summed E-state index contributed by atoms with van der Waals surface area (Å²) in [7, 11) is 0. The Kier molecular flexibility index (Phi) is 5.54. The van der Waals surface area contributed by atoms with Crippen LogP contribution in [-0.2, 0) is 0 Å². The number of hydrogen-bond acceptors (Lipinski definition) is 4. The first-order valence-corrected chi connectivity index (χ1v) is 8.32. The molecule has 1 saturated carbocycles. The third-order valence-corrected chi connectivity index (χ3v) is 4.50. The molecule has 0 saturated heterocycles. The molecule has 2 rings (SSSR count). The van der Waals surface area contributed by atoms with Crippen LogP contribution in [0.3, 0.4) is 0 Å². The third kappa shape index (κ3) is 4.28. The molecule has 0 spiro atoms. The highest BCUT2D eigenvalue weighted by atomic mass is 32.1. The summed E-state index contributed by atoms with van der Waals surface area (Å²) in [6, 6.07) is 0. The number of carbonyl (C=O) groups excluding carboxylic acids is 1. The molecule has 1 amide bonds. The molecular weight excluding hydrogens is 272 g/mol. The average Bonchev–Trinajstić information content (AvgIpc) is 3.12. The number of hydrogen-bond donors (Lipinski definition) is 2. The normalized spacial score (nSPS) is 16.4. The van der Waals surface area contributed by atoms with Gasteiger partial charge in [-0.3, -0.25) is 4.79 Å². The van der Waals surface area contributed by atoms with Crippen molar-refractivity contribution in [2.75, 3.05) is 13.2 Å². The van der Waals surface area contributed by atoms with Crippen LogP contribution < -0.4 is 5.32 Å². The van der Waals surface area contributed by atoms with E-state index in [4.69, 9.17) is 5.11 Å². The summed E-state index contributed by atoms with van der Waals surface area (Å²) in [6.45, 7) is 5.15. The van der Waals surface area contributed by atoms with E-state index in [9.17, 15) is 4.79 Å². The molecule has 1 unspecified atom stereocenters. The molecule has 5 heteroatoms. The van der Waals surface area contributed by atoms with Gasteiger partial charge in [-0.25, -0.2) is 4.98 Å². The summed E-state index contributed by atoms with van der Waals surface area (Å²) >= 11 is 1.43. The van der Waals surface area contributed by atoms with Crippen LogP contribution in [0.25, 0.3) is 0 Å². The Hall–Kier alpha value is -0.940. The highest BCUT2D eigenvalue weighted by molar-refractivity contribution is 7.11. The third-order valence-electron chi connectivity index (χ3n) is 3.66. The maximum absolute atomic E-state index is 12.3. The van der Waals surface area contributed by atoms with E-state index in [0.29, 0.717) is 24.3 Å². The van der Waals surface area contributed by atoms with Crippen LogP contribution in [0.1, 0.15) is 60.8 Å². The van der Waals surface area contributed by atoms with Gasteiger partial charge in [0, 0.05) is 19.1 Å². The van der Waals surface area contributed by atoms with Gasteiger partial charge in [0.25, 0.3) is 5.91 Å². The van der Waals surface area contributed by atoms with Gasteiger partial charge in [-0.05, 0) is 37.5 Å². The second-order valence-electron chi connectivity index (χ2n) is 6.06. The van der Waals surface area contributed by atoms with Crippen LogP contribution in [0, 0.1) is 11.8 Å². The lowest BCUT2D eigenvalue weighted by Crippen LogP contribution is -2.30. The number of carbonyl (C=O) groups is 1. The van der Waals surface area contributed by atoms with Gasteiger partial charge in [-0.1, -0.05) is 13.8 Å². The van der Waals surface area contributed by atoms with Crippen LogP contribution in [0.15, 0.2) is 5.51 Å². The predicted octanol–water partition coefficient (Wildman–Crippen LogP) is 2.80. The van der Waals surface area contributed by atoms with Gasteiger partial charge in [-0.2, -0.15) is 0 Å². The van der Waals surface area contributed by atoms with Gasteiger partial charge >= 0.3 is 0 Å². The lowest BCUT2D eigenvalue weighted by molar-refractivity contribution is 0.0944. The summed E-state index contributed by atoms with van der Waals surface area (Å²) in [5.74, 6) is 1.43. The first kappa shape index (κ1) is 15.4. The molecular formula is C15H24N2O2S. The number of thiazole rings is 1. The van der Waals surface area contributed by atoms with Crippen LogP contribution in [0.5, 0.6) is 0 Å². The van der Waals surface area contributed by atoms with E-state index in [-0.39, 0.29) is 12.5 Å². The Morgan fingerprint density at radius 3 is 2.90 bits per heavy atom. The number of rotatable bonds is 8. The molecule has 0 radical (unpaired) electrons. The van der Waals surface area contributed by atoms with Crippen molar-refractivity contribution in [3.63, 3.8) is 0 Å². The largest absolute Gasteiger partial charge is 0.396 e. The van der Waals surface area contributed by atoms with E-state index >= 15 is 0 Å². The molecule has 1 atom stereocenters. The van der Waals surface area contributed by atoms with Crippen molar-refractivity contribution < 1.29 is 9.90 Å². The first-order valence-electron chi connectivity index (χ1n) is 7.44. The summed E-state index contributed by atoms with van der Waals surface area (Å²) in [6.07, 6.45) is 4.09. The molecule has 0 aliphatic heterocycles. The maximum atomic E-state index is 12.3. The van der Waals surface area contributed by atoms with Crippen molar-refractivity contribution in [1.29, 1.82) is 0 Å². The molecule has 20 heavy (non-hydrogen) atoms. The average molecular weight is 296 g/mol. The molecule has 0 bridgehead atoms. The topological polar surface area (TPSA) is 62.2 Å². The van der Waals surface area contributed by atoms with Crippen molar-refractivity contribution in [1.82, 2.24) is 10.3 Å². The van der Waals surface area contributed by atoms with Crippen molar-refractivity contribution in [3.8, 4) is 0 Å². The summed E-state index contributed by atoms with van der Waals surface area (Å²) in [5, 5.41) is 12.1. The lowest BCUT2D eigenvalue weighted by atomic mass is 9.94. The smallest absolute Gasteiger partial charge is 0.263 e. The number of aliphatic hydroxyl groups is 1. The van der Waals surface area contributed by atoms with E-state index in [2.05, 4.69) is 24.1 Å². The molecule has 4 nitrogen and oxygen atoms in total. The second kappa shape index (κ2) is 7.18. The monoisotopic (exact) mass is 296 g/mol. The zero-order chi connectivity index (χ0) is 14.5. The number of nitrogens with one attached hydrogen (secondary N) is 1. The maximum Gasteiger partial charge on any atom is 0.263 e. The second-order valence-corrected chi connectivity index (χ2v) is 6.91. The zero-order valence-electron chi connectivity index (χ0n) is 12.3. The van der Waals surface area contributed by atoms with Crippen molar-refractivity contribution in [2.24, 2.45) is 11.8 Å². The van der Waals surface area contributed by atoms with Gasteiger partial charge in [0.15, 0.2) is 0 Å². The van der Waals surface area contributed by atoms with Crippen LogP contribution in [0.2, 0.25) is 0 Å². The van der Waals surface area contributed by atoms with E-state index < -0.39 is 0 Å². The first-order chi connectivity index (χ1) is 9.61. The Bertz CT molecular complexity index is 441. The quantitative estimate of drug-likeness (QED) is 0.775. The number of aliphatic hydroxyl groups excluding tert-OH is 1. The Morgan fingerprint density at radius 2 is 2.30 bits per heavy atom. The fourth-order valence-electron chi connectivity index (χ4n) is 2.54. The minimum Gasteiger partial charge on any atom is -0.396 e. The van der Waals surface area contributed by atoms with Crippen LogP contribution in [-0.4, -0.2) is 29.1 Å². The Morgan fingerprint density at radius 1 is 1.55 bits per heavy atom. The van der Waals surface area contributed by atoms with E-state index in [1.807, 2.05) is 0 Å². The molecule has 1 aromatic heterocycles. The molecule has 1 fully saturated rings. The SMILES string of the molecule is CC(C)CC(CCO)CNC(=O)c1scnc1C1CC1. The van der Waals surface area contributed by atoms with Gasteiger partial charge in [0.05, 0.1) is 11.2 Å². The van der Waals surface area contributed by atoms with Gasteiger partial charge in [0.2, 0.25) is 0 Å². The predicted molar refractivity (Wildman–Crippen MR) is 81.1 cm³/mol. The molecule has 0 aromatic carbocycles. The van der Waals surface area contributed by atoms with Gasteiger partial charge in [0.1, 0.15) is 4.88 Å². The number of nitrogens with zero attached hydrogens (tertiary/aromatic N) is 1. The van der Waals surface area contributed by atoms with Gasteiger partial charge in [-0.15, -0.1) is 11.3 Å². The minimum atomic E-state index is 0.00101. The summed E-state index contributed by atoms with van der Waals surface area (Å²) in [4.78, 5) is 17.4. The zero-order valence-corrected chi connectivity index (χ0v) is 13.1. The fourth-order valence-corrected chi connectivity index (χ4v) is 3.33. The molecule has 1 aliphatic rings. The highest BCUT2D eigenvalue weighted by Crippen LogP contribution is 2.41. The van der Waals surface area contributed by atoms with Gasteiger partial charge < -0.3 is 10.4 Å². The van der Waals surface area contributed by atoms with E-state index in [1.54, 1.807) is 5.51 Å². The minimum absolute atomic E-state index is 0.00101. The summed E-state index contributed by atoms with van der Waals surface area (Å²) in [5.41, 5.74) is 2.75. The van der Waals surface area contributed by atoms with Crippen molar-refractivity contribution in [2.45, 2.75) is 45.4 Å². The number of amides is 1. The Balaban J connectivity index is 1.88. The fraction of sp³-hybridized carbons (Fsp3) is 0.733. The Labute approximate surface area is 124 Å². The molecule has 1 aliphatic carbocycles. The molecule has 1 aromatic rings. The van der Waals surface area contributed by atoms with Crippen molar-refractivity contribution >= 4 is 17.2 Å². The standard InChI is InChI=1S/C15H24N2O2S/c1-10(2)7-11(5-6-18)8-16-15(19)14-13(12-3-4-12)17-9-20-14/h9-12,18H,3-8H2,1-2H3,(H,16,19). The molecule has 112 valence electrons. The molecule has 1 heterocycles. The summed E-state index contributed by atoms with van der Waals surface area (Å²) < 4.78 is 0. The highest BCUT2D eigenvalue weighted by Gasteiger charge is 2.30. The van der Waals surface area contributed by atoms with Crippen LogP contribution in [0.4, 0.5) is 0 Å². The molecule has 2 N–H and O–H groups in total. The van der Waals surface area contributed by atoms with Crippen molar-refractivity contribution in [3.05, 3.63) is 16.1 Å².